The third kappa shape index (κ3) is 8.98. The molecule has 2 radical (unpaired) electrons. The molecule has 3 fully saturated rings. The Labute approximate surface area is 347 Å². The molecule has 2 atom stereocenters. The zero-order valence-corrected chi connectivity index (χ0v) is 37.8. The first-order valence-corrected chi connectivity index (χ1v) is 24.4. The summed E-state index contributed by atoms with van der Waals surface area (Å²) in [5, 5.41) is 0. The van der Waals surface area contributed by atoms with Crippen molar-refractivity contribution >= 4 is 25.9 Å². The predicted octanol–water partition coefficient (Wildman–Crippen LogP) is 13.7. The summed E-state index contributed by atoms with van der Waals surface area (Å²) in [7, 11) is 6.88. The van der Waals surface area contributed by atoms with Crippen molar-refractivity contribution in [3.63, 3.8) is 0 Å². The molecule has 2 unspecified atom stereocenters. The Hall–Kier alpha value is -1.51. The van der Waals surface area contributed by atoms with Gasteiger partial charge in [-0.2, -0.15) is 0 Å². The summed E-state index contributed by atoms with van der Waals surface area (Å²) in [5.74, 6) is 1.54. The van der Waals surface area contributed by atoms with Crippen molar-refractivity contribution < 1.29 is 9.31 Å². The van der Waals surface area contributed by atoms with Crippen molar-refractivity contribution in [2.45, 2.75) is 244 Å². The molecule has 1 saturated heterocycles. The Kier molecular flexibility index (Phi) is 15.1. The molecule has 0 bridgehead atoms. The minimum Gasteiger partial charge on any atom is -0.399 e. The lowest BCUT2D eigenvalue weighted by Gasteiger charge is -2.48. The number of rotatable bonds is 23. The van der Waals surface area contributed by atoms with Gasteiger partial charge in [-0.1, -0.05) is 179 Å². The van der Waals surface area contributed by atoms with Crippen LogP contribution in [-0.2, 0) is 33.0 Å². The van der Waals surface area contributed by atoms with Crippen LogP contribution in [0.15, 0.2) is 24.3 Å². The van der Waals surface area contributed by atoms with E-state index in [2.05, 4.69) is 79.7 Å². The van der Waals surface area contributed by atoms with Crippen LogP contribution >= 0.6 is 0 Å². The summed E-state index contributed by atoms with van der Waals surface area (Å²) in [5.41, 5.74) is 11.1. The Bertz CT molecular complexity index is 1530. The number of hydrogen-bond donors (Lipinski definition) is 0. The molecular formula is C52H82B2O2. The molecule has 0 amide bonds. The van der Waals surface area contributed by atoms with Gasteiger partial charge in [-0.15, -0.1) is 0 Å². The summed E-state index contributed by atoms with van der Waals surface area (Å²) in [6.07, 6.45) is 34.1. The molecule has 4 heteroatoms. The number of hydrogen-bond acceptors (Lipinski definition) is 2. The molecule has 0 spiro atoms. The molecule has 0 N–H and O–H groups in total. The van der Waals surface area contributed by atoms with E-state index in [0.717, 1.165) is 30.1 Å². The lowest BCUT2D eigenvalue weighted by Crippen LogP contribution is -2.46. The van der Waals surface area contributed by atoms with Gasteiger partial charge in [0.05, 0.1) is 11.2 Å². The van der Waals surface area contributed by atoms with Gasteiger partial charge >= 0.3 is 7.12 Å². The van der Waals surface area contributed by atoms with Gasteiger partial charge in [-0.3, -0.25) is 0 Å². The Balaban J connectivity index is 1.50. The molecular weight excluding hydrogens is 678 g/mol. The summed E-state index contributed by atoms with van der Waals surface area (Å²) in [6, 6.07) is 10.5. The maximum Gasteiger partial charge on any atom is 0.495 e. The van der Waals surface area contributed by atoms with E-state index in [-0.39, 0.29) is 29.2 Å². The van der Waals surface area contributed by atoms with Gasteiger partial charge in [-0.05, 0) is 124 Å². The second-order valence-corrected chi connectivity index (χ2v) is 20.5. The van der Waals surface area contributed by atoms with Crippen molar-refractivity contribution in [1.82, 2.24) is 0 Å². The van der Waals surface area contributed by atoms with E-state index in [0.29, 0.717) is 0 Å². The Morgan fingerprint density at radius 2 is 0.911 bits per heavy atom. The van der Waals surface area contributed by atoms with Crippen LogP contribution in [0.2, 0.25) is 0 Å². The van der Waals surface area contributed by atoms with Crippen LogP contribution in [0.5, 0.6) is 0 Å². The molecule has 2 aromatic carbocycles. The topological polar surface area (TPSA) is 18.5 Å². The first-order valence-electron chi connectivity index (χ1n) is 24.4. The van der Waals surface area contributed by atoms with Gasteiger partial charge in [0.2, 0.25) is 0 Å². The molecule has 56 heavy (non-hydrogen) atoms. The summed E-state index contributed by atoms with van der Waals surface area (Å²) in [4.78, 5) is 0. The largest absolute Gasteiger partial charge is 0.495 e. The van der Waals surface area contributed by atoms with Crippen LogP contribution < -0.4 is 10.9 Å². The first-order chi connectivity index (χ1) is 27.0. The highest BCUT2D eigenvalue weighted by Crippen LogP contribution is 2.72. The average Bonchev–Trinajstić information content (AvgIpc) is 3.73. The monoisotopic (exact) mass is 761 g/mol. The molecule has 6 rings (SSSR count). The predicted molar refractivity (Wildman–Crippen MR) is 244 cm³/mol. The van der Waals surface area contributed by atoms with Crippen LogP contribution in [-0.4, -0.2) is 26.2 Å². The molecule has 0 aromatic heterocycles. The number of aryl methyl sites for hydroxylation is 2. The zero-order valence-electron chi connectivity index (χ0n) is 37.8. The summed E-state index contributed by atoms with van der Waals surface area (Å²) >= 11 is 0. The minimum atomic E-state index is -0.363. The van der Waals surface area contributed by atoms with Gasteiger partial charge < -0.3 is 9.31 Å². The second-order valence-electron chi connectivity index (χ2n) is 20.5. The summed E-state index contributed by atoms with van der Waals surface area (Å²) in [6.45, 7) is 18.2. The first kappa shape index (κ1) is 44.1. The smallest absolute Gasteiger partial charge is 0.399 e. The highest BCUT2D eigenvalue weighted by Gasteiger charge is 2.67. The SMILES string of the molecule is [B]c1cc2c(cc1CCCCCC)-c1cc(CCCCCC)c(B3OC(C)(C)C(C)(C)O3)cc1C13CC(CCCCCCC)CC21CC(CCCCCCC)C3. The van der Waals surface area contributed by atoms with E-state index < -0.39 is 0 Å². The molecule has 308 valence electrons. The molecule has 2 aromatic rings. The third-order valence-electron chi connectivity index (χ3n) is 15.9. The van der Waals surface area contributed by atoms with E-state index in [1.165, 1.54) is 182 Å². The van der Waals surface area contributed by atoms with Crippen molar-refractivity contribution in [2.75, 3.05) is 0 Å². The third-order valence-corrected chi connectivity index (χ3v) is 15.9. The maximum atomic E-state index is 7.21. The van der Waals surface area contributed by atoms with Gasteiger partial charge in [-0.25, -0.2) is 0 Å². The zero-order chi connectivity index (χ0) is 40.0. The molecule has 1 heterocycles. The Morgan fingerprint density at radius 1 is 0.518 bits per heavy atom. The van der Waals surface area contributed by atoms with E-state index in [9.17, 15) is 0 Å². The van der Waals surface area contributed by atoms with Gasteiger partial charge in [0.25, 0.3) is 0 Å². The number of unbranched alkanes of at least 4 members (excludes halogenated alkanes) is 14. The van der Waals surface area contributed by atoms with Gasteiger partial charge in [0.15, 0.2) is 0 Å². The molecule has 4 aliphatic rings. The van der Waals surface area contributed by atoms with Crippen LogP contribution in [0.1, 0.15) is 232 Å². The Morgan fingerprint density at radius 3 is 1.38 bits per heavy atom. The highest BCUT2D eigenvalue weighted by molar-refractivity contribution is 6.62. The van der Waals surface area contributed by atoms with E-state index in [4.69, 9.17) is 17.2 Å². The number of fused-ring (bicyclic) bond motifs is 3. The van der Waals surface area contributed by atoms with Gasteiger partial charge in [0, 0.05) is 10.8 Å². The fourth-order valence-electron chi connectivity index (χ4n) is 12.2. The molecule has 2 saturated carbocycles. The van der Waals surface area contributed by atoms with Crippen molar-refractivity contribution in [1.29, 1.82) is 0 Å². The average molecular weight is 761 g/mol. The van der Waals surface area contributed by atoms with Crippen LogP contribution in [0.25, 0.3) is 11.1 Å². The minimum absolute atomic E-state index is 0.145. The fourth-order valence-corrected chi connectivity index (χ4v) is 12.2. The molecule has 3 aliphatic carbocycles. The molecule has 1 aliphatic heterocycles. The van der Waals surface area contributed by atoms with Crippen LogP contribution in [0, 0.1) is 11.8 Å². The second kappa shape index (κ2) is 19.3. The maximum absolute atomic E-state index is 7.21. The van der Waals surface area contributed by atoms with Crippen molar-refractivity contribution in [3.05, 3.63) is 46.5 Å². The molecule has 2 nitrogen and oxygen atoms in total. The van der Waals surface area contributed by atoms with Crippen molar-refractivity contribution in [2.24, 2.45) is 11.8 Å². The van der Waals surface area contributed by atoms with Crippen molar-refractivity contribution in [3.8, 4) is 11.1 Å². The van der Waals surface area contributed by atoms with E-state index >= 15 is 0 Å². The highest BCUT2D eigenvalue weighted by atomic mass is 16.7. The van der Waals surface area contributed by atoms with E-state index in [1.54, 1.807) is 11.1 Å². The van der Waals surface area contributed by atoms with Crippen LogP contribution in [0.4, 0.5) is 0 Å². The quantitative estimate of drug-likeness (QED) is 0.0830. The van der Waals surface area contributed by atoms with E-state index in [1.807, 2.05) is 0 Å². The lowest BCUT2D eigenvalue weighted by molar-refractivity contribution is 0.00578. The summed E-state index contributed by atoms with van der Waals surface area (Å²) < 4.78 is 13.9. The fraction of sp³-hybridized carbons (Fsp3) is 0.769. The standard InChI is InChI=1S/C52H82B2O2/c1-9-13-17-21-23-27-39-35-51-36-40(28-24-22-18-14-10-2)38-52(51,37-39)46-34-48(54-55-49(5,6)50(7,8)56-54)42(30-26-20-16-12-4)32-44(46)43-31-41(29-25-19-15-11-3)47(53)33-45(43)51/h31-34,39-40H,9-30,35-38H2,1-8H3. The lowest BCUT2D eigenvalue weighted by atomic mass is 9.53. The van der Waals surface area contributed by atoms with Crippen LogP contribution in [0.3, 0.4) is 0 Å². The number of benzene rings is 2. The normalized spacial score (nSPS) is 25.7. The van der Waals surface area contributed by atoms with Gasteiger partial charge in [0.1, 0.15) is 7.85 Å².